The van der Waals surface area contributed by atoms with Crippen molar-refractivity contribution in [2.24, 2.45) is 0 Å². The maximum Gasteiger partial charge on any atom is 0.258 e. The van der Waals surface area contributed by atoms with E-state index in [-0.39, 0.29) is 11.8 Å². The summed E-state index contributed by atoms with van der Waals surface area (Å²) < 4.78 is 0. The van der Waals surface area contributed by atoms with Crippen molar-refractivity contribution in [3.05, 3.63) is 98.8 Å². The minimum absolute atomic E-state index is 0.0882. The van der Waals surface area contributed by atoms with Gasteiger partial charge in [-0.1, -0.05) is 29.8 Å². The molecule has 5 rings (SSSR count). The average Bonchev–Trinajstić information content (AvgIpc) is 3.29. The number of fused-ring (bicyclic) bond motifs is 1. The number of aryl methyl sites for hydroxylation is 2. The zero-order chi connectivity index (χ0) is 23.7. The SMILES string of the molecule is Cc1nc(-c2cccc(NC(=O)c3ccc4c(c3)CCCN4C(=O)c3cccc(Cl)c3)c2)cs1. The van der Waals surface area contributed by atoms with Crippen LogP contribution >= 0.6 is 22.9 Å². The Morgan fingerprint density at radius 2 is 1.88 bits per heavy atom. The number of thiazole rings is 1. The van der Waals surface area contributed by atoms with Crippen LogP contribution in [0.25, 0.3) is 11.3 Å². The minimum atomic E-state index is -0.187. The van der Waals surface area contributed by atoms with E-state index in [1.54, 1.807) is 46.6 Å². The van der Waals surface area contributed by atoms with Gasteiger partial charge in [0, 0.05) is 45.0 Å². The zero-order valence-electron chi connectivity index (χ0n) is 18.5. The van der Waals surface area contributed by atoms with Gasteiger partial charge in [0.2, 0.25) is 0 Å². The summed E-state index contributed by atoms with van der Waals surface area (Å²) in [6, 6.07) is 20.2. The van der Waals surface area contributed by atoms with Crippen LogP contribution in [-0.4, -0.2) is 23.3 Å². The molecule has 3 aromatic carbocycles. The Kier molecular flexibility index (Phi) is 6.18. The van der Waals surface area contributed by atoms with Crippen LogP contribution in [0.1, 0.15) is 37.7 Å². The van der Waals surface area contributed by atoms with Gasteiger partial charge in [-0.2, -0.15) is 0 Å². The lowest BCUT2D eigenvalue weighted by atomic mass is 9.98. The molecule has 0 atom stereocenters. The monoisotopic (exact) mass is 487 g/mol. The second-order valence-corrected chi connectivity index (χ2v) is 9.70. The van der Waals surface area contributed by atoms with Crippen molar-refractivity contribution < 1.29 is 9.59 Å². The van der Waals surface area contributed by atoms with Crippen LogP contribution in [-0.2, 0) is 6.42 Å². The highest BCUT2D eigenvalue weighted by Crippen LogP contribution is 2.30. The van der Waals surface area contributed by atoms with Crippen molar-refractivity contribution in [2.75, 3.05) is 16.8 Å². The van der Waals surface area contributed by atoms with Gasteiger partial charge in [-0.15, -0.1) is 11.3 Å². The van der Waals surface area contributed by atoms with Crippen molar-refractivity contribution in [3.8, 4) is 11.3 Å². The van der Waals surface area contributed by atoms with Crippen molar-refractivity contribution >= 4 is 46.1 Å². The summed E-state index contributed by atoms with van der Waals surface area (Å²) in [5.41, 5.74) is 5.51. The first-order valence-electron chi connectivity index (χ1n) is 11.0. The number of benzene rings is 3. The molecule has 0 spiro atoms. The molecule has 0 unspecified atom stereocenters. The highest BCUT2D eigenvalue weighted by Gasteiger charge is 2.24. The lowest BCUT2D eigenvalue weighted by Gasteiger charge is -2.30. The number of hydrogen-bond acceptors (Lipinski definition) is 4. The third kappa shape index (κ3) is 4.60. The van der Waals surface area contributed by atoms with E-state index in [1.807, 2.05) is 48.7 Å². The van der Waals surface area contributed by atoms with Crippen LogP contribution in [0.3, 0.4) is 0 Å². The van der Waals surface area contributed by atoms with Crippen molar-refractivity contribution in [2.45, 2.75) is 19.8 Å². The molecule has 0 saturated heterocycles. The van der Waals surface area contributed by atoms with Crippen molar-refractivity contribution in [1.82, 2.24) is 4.98 Å². The Morgan fingerprint density at radius 1 is 1.03 bits per heavy atom. The highest BCUT2D eigenvalue weighted by atomic mass is 35.5. The molecule has 170 valence electrons. The van der Waals surface area contributed by atoms with Gasteiger partial charge in [0.1, 0.15) is 0 Å². The van der Waals surface area contributed by atoms with Gasteiger partial charge in [-0.05, 0) is 73.9 Å². The summed E-state index contributed by atoms with van der Waals surface area (Å²) in [5, 5.41) is 6.53. The first kappa shape index (κ1) is 22.3. The Morgan fingerprint density at radius 3 is 2.68 bits per heavy atom. The van der Waals surface area contributed by atoms with E-state index in [1.165, 1.54) is 0 Å². The van der Waals surface area contributed by atoms with Gasteiger partial charge in [0.05, 0.1) is 10.7 Å². The Hall–Kier alpha value is -3.48. The van der Waals surface area contributed by atoms with Gasteiger partial charge in [-0.3, -0.25) is 9.59 Å². The fourth-order valence-electron chi connectivity index (χ4n) is 4.18. The number of carbonyl (C=O) groups is 2. The van der Waals surface area contributed by atoms with Crippen LogP contribution < -0.4 is 10.2 Å². The molecule has 0 radical (unpaired) electrons. The summed E-state index contributed by atoms with van der Waals surface area (Å²) in [5.74, 6) is -0.276. The topological polar surface area (TPSA) is 62.3 Å². The summed E-state index contributed by atoms with van der Waals surface area (Å²) >= 11 is 7.67. The summed E-state index contributed by atoms with van der Waals surface area (Å²) in [7, 11) is 0. The fourth-order valence-corrected chi connectivity index (χ4v) is 4.99. The molecular formula is C27H22ClN3O2S. The molecule has 1 aliphatic heterocycles. The molecule has 1 aromatic heterocycles. The third-order valence-electron chi connectivity index (χ3n) is 5.81. The quantitative estimate of drug-likeness (QED) is 0.352. The summed E-state index contributed by atoms with van der Waals surface area (Å²) in [6.07, 6.45) is 1.65. The van der Waals surface area contributed by atoms with E-state index in [0.717, 1.165) is 40.4 Å². The molecule has 34 heavy (non-hydrogen) atoms. The van der Waals surface area contributed by atoms with Crippen LogP contribution in [0, 0.1) is 6.92 Å². The number of halogens is 1. The van der Waals surface area contributed by atoms with Crippen molar-refractivity contribution in [3.63, 3.8) is 0 Å². The van der Waals surface area contributed by atoms with Gasteiger partial charge in [0.25, 0.3) is 11.8 Å². The largest absolute Gasteiger partial charge is 0.322 e. The van der Waals surface area contributed by atoms with Crippen LogP contribution in [0.5, 0.6) is 0 Å². The minimum Gasteiger partial charge on any atom is -0.322 e. The van der Waals surface area contributed by atoms with Gasteiger partial charge < -0.3 is 10.2 Å². The van der Waals surface area contributed by atoms with E-state index in [0.29, 0.717) is 28.4 Å². The molecule has 0 bridgehead atoms. The number of amides is 2. The first-order valence-corrected chi connectivity index (χ1v) is 12.3. The maximum absolute atomic E-state index is 13.1. The van der Waals surface area contributed by atoms with Crippen LogP contribution in [0.15, 0.2) is 72.1 Å². The van der Waals surface area contributed by atoms with Crippen LogP contribution in [0.4, 0.5) is 11.4 Å². The predicted octanol–water partition coefficient (Wildman–Crippen LogP) is 6.62. The molecule has 5 nitrogen and oxygen atoms in total. The normalized spacial score (nSPS) is 12.8. The average molecular weight is 488 g/mol. The van der Waals surface area contributed by atoms with E-state index in [2.05, 4.69) is 10.3 Å². The number of nitrogens with zero attached hydrogens (tertiary/aromatic N) is 2. The lowest BCUT2D eigenvalue weighted by molar-refractivity contribution is 0.0984. The fraction of sp³-hybridized carbons (Fsp3) is 0.148. The second kappa shape index (κ2) is 9.41. The van der Waals surface area contributed by atoms with Gasteiger partial charge >= 0.3 is 0 Å². The lowest BCUT2D eigenvalue weighted by Crippen LogP contribution is -2.35. The van der Waals surface area contributed by atoms with E-state index >= 15 is 0 Å². The summed E-state index contributed by atoms with van der Waals surface area (Å²) in [4.78, 5) is 32.4. The molecule has 0 aliphatic carbocycles. The highest BCUT2D eigenvalue weighted by molar-refractivity contribution is 7.09. The molecule has 1 aliphatic rings. The van der Waals surface area contributed by atoms with Gasteiger partial charge in [-0.25, -0.2) is 4.98 Å². The first-order chi connectivity index (χ1) is 16.5. The standard InChI is InChI=1S/C27H22ClN3O2S/c1-17-29-24(16-34-17)18-5-3-9-23(15-18)30-26(32)20-10-11-25-19(13-20)7-4-12-31(25)27(33)21-6-2-8-22(28)14-21/h2-3,5-6,8-11,13-16H,4,7,12H2,1H3,(H,30,32). The molecule has 0 fully saturated rings. The number of anilines is 2. The Bertz CT molecular complexity index is 1400. The number of hydrogen-bond donors (Lipinski definition) is 1. The molecule has 2 amide bonds. The second-order valence-electron chi connectivity index (χ2n) is 8.20. The zero-order valence-corrected chi connectivity index (χ0v) is 20.1. The summed E-state index contributed by atoms with van der Waals surface area (Å²) in [6.45, 7) is 2.60. The number of carbonyl (C=O) groups excluding carboxylic acids is 2. The molecular weight excluding hydrogens is 466 g/mol. The molecule has 0 saturated carbocycles. The van der Waals surface area contributed by atoms with E-state index < -0.39 is 0 Å². The van der Waals surface area contributed by atoms with E-state index in [9.17, 15) is 9.59 Å². The smallest absolute Gasteiger partial charge is 0.258 e. The Balaban J connectivity index is 1.36. The van der Waals surface area contributed by atoms with Crippen LogP contribution in [0.2, 0.25) is 5.02 Å². The molecule has 1 N–H and O–H groups in total. The van der Waals surface area contributed by atoms with Crippen molar-refractivity contribution in [1.29, 1.82) is 0 Å². The molecule has 4 aromatic rings. The Labute approximate surface area is 207 Å². The third-order valence-corrected chi connectivity index (χ3v) is 6.82. The van der Waals surface area contributed by atoms with E-state index in [4.69, 9.17) is 11.6 Å². The number of nitrogens with one attached hydrogen (secondary N) is 1. The molecule has 7 heteroatoms. The number of rotatable bonds is 4. The van der Waals surface area contributed by atoms with Gasteiger partial charge in [0.15, 0.2) is 0 Å². The molecule has 2 heterocycles. The predicted molar refractivity (Wildman–Crippen MR) is 138 cm³/mol. The number of aromatic nitrogens is 1. The maximum atomic E-state index is 13.1.